The Kier molecular flexibility index (Phi) is 13.6. The number of aldehydes is 1. The van der Waals surface area contributed by atoms with Gasteiger partial charge in [0.15, 0.2) is 12.1 Å². The van der Waals surface area contributed by atoms with Crippen molar-refractivity contribution in [3.05, 3.63) is 113 Å². The van der Waals surface area contributed by atoms with Gasteiger partial charge in [-0.2, -0.15) is 0 Å². The second-order valence-corrected chi connectivity index (χ2v) is 14.9. The number of Topliss-reactive ketones (excluding diaryl/α,β-unsaturated/α-hetero) is 1. The summed E-state index contributed by atoms with van der Waals surface area (Å²) in [6.07, 6.45) is 11.4. The summed E-state index contributed by atoms with van der Waals surface area (Å²) in [5.41, 5.74) is 7.80. The fraction of sp³-hybridized carbons (Fsp3) is 0.444. The molecule has 3 heterocycles. The Labute approximate surface area is 315 Å². The number of hydrogen-bond acceptors (Lipinski definition) is 6. The number of piperazine rings is 1. The van der Waals surface area contributed by atoms with Crippen molar-refractivity contribution in [3.8, 4) is 11.1 Å². The van der Waals surface area contributed by atoms with Crippen molar-refractivity contribution in [2.24, 2.45) is 11.8 Å². The molecule has 0 aliphatic carbocycles. The summed E-state index contributed by atoms with van der Waals surface area (Å²) in [4.78, 5) is 35.5. The molecular weight excluding hydrogens is 667 g/mol. The first-order chi connectivity index (χ1) is 25.5. The van der Waals surface area contributed by atoms with Crippen LogP contribution in [0.3, 0.4) is 0 Å². The third-order valence-electron chi connectivity index (χ3n) is 11.6. The minimum Gasteiger partial charge on any atom is -0.373 e. The number of allylic oxidation sites excluding steroid dienone is 5. The summed E-state index contributed by atoms with van der Waals surface area (Å²) in [5.74, 6) is -0.247. The quantitative estimate of drug-likeness (QED) is 0.0938. The summed E-state index contributed by atoms with van der Waals surface area (Å²) in [6.45, 7) is 21.5. The van der Waals surface area contributed by atoms with Crippen LogP contribution in [0.25, 0.3) is 16.7 Å². The summed E-state index contributed by atoms with van der Waals surface area (Å²) in [7, 11) is 0. The third kappa shape index (κ3) is 9.21. The predicted octanol–water partition coefficient (Wildman–Crippen LogP) is 10.1. The summed E-state index contributed by atoms with van der Waals surface area (Å²) < 4.78 is 31.0. The van der Waals surface area contributed by atoms with Crippen LogP contribution in [0.4, 0.5) is 14.5 Å². The van der Waals surface area contributed by atoms with E-state index in [0.29, 0.717) is 49.0 Å². The number of carbonyl (C=O) groups excluding carboxylic acids is 2. The monoisotopic (exact) mass is 722 g/mol. The zero-order chi connectivity index (χ0) is 38.2. The third-order valence-corrected chi connectivity index (χ3v) is 11.6. The molecule has 2 saturated heterocycles. The lowest BCUT2D eigenvalue weighted by molar-refractivity contribution is 0.0922. The molecule has 3 aromatic rings. The van der Waals surface area contributed by atoms with Crippen molar-refractivity contribution in [1.29, 1.82) is 0 Å². The van der Waals surface area contributed by atoms with Gasteiger partial charge in [-0.15, -0.1) is 0 Å². The number of ketones is 1. The van der Waals surface area contributed by atoms with E-state index < -0.39 is 5.82 Å². The van der Waals surface area contributed by atoms with Crippen molar-refractivity contribution >= 4 is 23.3 Å². The number of halogens is 2. The van der Waals surface area contributed by atoms with Gasteiger partial charge in [0.05, 0.1) is 5.69 Å². The van der Waals surface area contributed by atoms with Crippen LogP contribution in [-0.2, 0) is 0 Å². The van der Waals surface area contributed by atoms with E-state index in [1.807, 2.05) is 37.2 Å². The average molecular weight is 723 g/mol. The van der Waals surface area contributed by atoms with Crippen molar-refractivity contribution < 1.29 is 18.4 Å². The maximum atomic E-state index is 15.8. The molecule has 2 aliphatic rings. The topological polar surface area (TPSA) is 56.8 Å². The van der Waals surface area contributed by atoms with Crippen molar-refractivity contribution in [1.82, 2.24) is 14.8 Å². The number of hydrogen-bond donors (Lipinski definition) is 0. The molecule has 2 unspecified atom stereocenters. The molecule has 5 rings (SSSR count). The lowest BCUT2D eigenvalue weighted by Gasteiger charge is -2.40. The molecule has 0 amide bonds. The van der Waals surface area contributed by atoms with Crippen molar-refractivity contribution in [2.75, 3.05) is 50.7 Å². The Morgan fingerprint density at radius 3 is 2.34 bits per heavy atom. The molecule has 0 N–H and O–H groups in total. The molecule has 0 spiro atoms. The van der Waals surface area contributed by atoms with Crippen LogP contribution in [-0.4, -0.2) is 72.7 Å². The highest BCUT2D eigenvalue weighted by atomic mass is 19.1. The number of anilines is 1. The number of likely N-dealkylation sites (tertiary alicyclic amines) is 1. The fourth-order valence-corrected chi connectivity index (χ4v) is 7.65. The molecule has 0 radical (unpaired) electrons. The van der Waals surface area contributed by atoms with Crippen LogP contribution >= 0.6 is 0 Å². The fourth-order valence-electron chi connectivity index (χ4n) is 7.65. The van der Waals surface area contributed by atoms with Gasteiger partial charge in [0.25, 0.3) is 0 Å². The molecule has 2 aromatic carbocycles. The molecule has 2 fully saturated rings. The lowest BCUT2D eigenvalue weighted by atomic mass is 9.89. The van der Waals surface area contributed by atoms with Crippen molar-refractivity contribution in [2.45, 2.75) is 73.1 Å². The molecule has 282 valence electrons. The molecule has 6 nitrogen and oxygen atoms in total. The average Bonchev–Trinajstić information content (AvgIpc) is 3.19. The maximum Gasteiger partial charge on any atom is 0.166 e. The van der Waals surface area contributed by atoms with Crippen LogP contribution in [0.2, 0.25) is 0 Å². The summed E-state index contributed by atoms with van der Waals surface area (Å²) in [6, 6.07) is 11.1. The SMILES string of the molecule is C=C/C(=C\C(F)=C(/C)N1CCC(CN2CCN(c3cc(C=O)c(C(=O)C(C)CC)cc3F)CC2)CC1)c1ccc(-c2cnccc2C(C)CC)c(C)c1. The van der Waals surface area contributed by atoms with Crippen molar-refractivity contribution in [3.63, 3.8) is 0 Å². The van der Waals surface area contributed by atoms with Crippen LogP contribution in [0.5, 0.6) is 0 Å². The van der Waals surface area contributed by atoms with E-state index in [0.717, 1.165) is 79.8 Å². The zero-order valence-electron chi connectivity index (χ0n) is 32.4. The number of carbonyl (C=O) groups is 2. The van der Waals surface area contributed by atoms with E-state index in [1.165, 1.54) is 17.7 Å². The van der Waals surface area contributed by atoms with E-state index in [9.17, 15) is 9.59 Å². The number of aryl methyl sites for hydroxylation is 1. The van der Waals surface area contributed by atoms with Gasteiger partial charge in [-0.25, -0.2) is 8.78 Å². The molecule has 2 aliphatic heterocycles. The second kappa shape index (κ2) is 18.1. The summed E-state index contributed by atoms with van der Waals surface area (Å²) >= 11 is 0. The summed E-state index contributed by atoms with van der Waals surface area (Å²) in [5, 5.41) is 0. The minimum absolute atomic E-state index is 0.167. The minimum atomic E-state index is -0.460. The second-order valence-electron chi connectivity index (χ2n) is 14.9. The van der Waals surface area contributed by atoms with Gasteiger partial charge >= 0.3 is 0 Å². The Hall–Kier alpha value is -4.43. The van der Waals surface area contributed by atoms with Gasteiger partial charge in [0, 0.05) is 86.5 Å². The van der Waals surface area contributed by atoms with E-state index in [-0.39, 0.29) is 28.7 Å². The Morgan fingerprint density at radius 2 is 1.72 bits per heavy atom. The van der Waals surface area contributed by atoms with Crippen LogP contribution in [0.15, 0.2) is 79.0 Å². The standard InChI is InChI=1S/C45H56F2N4O2/c1-8-30(4)39-13-16-48-27-41(39)38-12-11-36(23-32(38)6)35(10-3)24-42(46)33(7)50-17-14-34(15-18-50)28-49-19-21-51(22-20-49)44-25-37(29-52)40(26-43(44)47)45(53)31(5)9-2/h10-13,16,23-27,29-31,34H,3,8-9,14-15,17-22,28H2,1-2,4-7H3/b35-24+,42-33-. The highest BCUT2D eigenvalue weighted by Crippen LogP contribution is 2.34. The first-order valence-corrected chi connectivity index (χ1v) is 19.3. The van der Waals surface area contributed by atoms with Gasteiger partial charge < -0.3 is 9.80 Å². The van der Waals surface area contributed by atoms with Crippen LogP contribution < -0.4 is 4.90 Å². The Morgan fingerprint density at radius 1 is 1.00 bits per heavy atom. The maximum absolute atomic E-state index is 15.8. The number of benzene rings is 2. The van der Waals surface area contributed by atoms with E-state index in [4.69, 9.17) is 0 Å². The first-order valence-electron chi connectivity index (χ1n) is 19.3. The van der Waals surface area contributed by atoms with Gasteiger partial charge in [-0.3, -0.25) is 19.5 Å². The number of pyridine rings is 1. The highest BCUT2D eigenvalue weighted by molar-refractivity contribution is 6.04. The van der Waals surface area contributed by atoms with Gasteiger partial charge in [-0.1, -0.05) is 58.5 Å². The molecule has 2 atom stereocenters. The number of nitrogens with zero attached hydrogens (tertiary/aromatic N) is 4. The largest absolute Gasteiger partial charge is 0.373 e. The van der Waals surface area contributed by atoms with Crippen LogP contribution in [0.1, 0.15) is 104 Å². The van der Waals surface area contributed by atoms with E-state index in [2.05, 4.69) is 60.3 Å². The zero-order valence-corrected chi connectivity index (χ0v) is 32.4. The molecule has 0 saturated carbocycles. The van der Waals surface area contributed by atoms with E-state index in [1.54, 1.807) is 19.1 Å². The molecule has 8 heteroatoms. The Bertz CT molecular complexity index is 1850. The van der Waals surface area contributed by atoms with E-state index >= 15 is 8.78 Å². The normalized spacial score (nSPS) is 17.7. The van der Waals surface area contributed by atoms with Crippen LogP contribution in [0, 0.1) is 24.6 Å². The highest BCUT2D eigenvalue weighted by Gasteiger charge is 2.27. The van der Waals surface area contributed by atoms with Gasteiger partial charge in [-0.05, 0) is 103 Å². The van der Waals surface area contributed by atoms with Gasteiger partial charge in [0.2, 0.25) is 0 Å². The van der Waals surface area contributed by atoms with Gasteiger partial charge in [0.1, 0.15) is 11.6 Å². The predicted molar refractivity (Wildman–Crippen MR) is 214 cm³/mol. The Balaban J connectivity index is 1.17. The number of aromatic nitrogens is 1. The molecule has 53 heavy (non-hydrogen) atoms. The molecule has 0 bridgehead atoms. The number of rotatable bonds is 14. The lowest BCUT2D eigenvalue weighted by Crippen LogP contribution is -2.49. The smallest absolute Gasteiger partial charge is 0.166 e. The number of piperidine rings is 1. The first kappa shape index (κ1) is 39.8. The molecular formula is C45H56F2N4O2. The molecule has 1 aromatic heterocycles.